The molecule has 4 nitrogen and oxygen atoms in total. The maximum atomic E-state index is 4.94. The van der Waals surface area contributed by atoms with Crippen LogP contribution >= 0.6 is 0 Å². The Morgan fingerprint density at radius 2 is 0.750 bits per heavy atom. The summed E-state index contributed by atoms with van der Waals surface area (Å²) < 4.78 is 9.89. The molecular weight excluding hydrogens is 160 g/mol. The van der Waals surface area contributed by atoms with Crippen LogP contribution in [0.3, 0.4) is 0 Å². The summed E-state index contributed by atoms with van der Waals surface area (Å²) in [5, 5.41) is 0. The van der Waals surface area contributed by atoms with Crippen molar-refractivity contribution in [3.63, 3.8) is 0 Å². The summed E-state index contributed by atoms with van der Waals surface area (Å²) in [6.07, 6.45) is 5.11. The smallest absolute Gasteiger partial charge is 0.0466 e. The summed E-state index contributed by atoms with van der Waals surface area (Å²) in [7, 11) is 0. The largest absolute Gasteiger partial charge is 0.412 e. The Balaban J connectivity index is 0. The molecule has 2 aliphatic heterocycles. The molecule has 0 amide bonds. The standard InChI is InChI=1S/2C4H8O.2H2O/c2*1-2-4-5-3-1;;/h2*1-4H2;2*1H2. The van der Waals surface area contributed by atoms with E-state index in [1.54, 1.807) is 0 Å². The van der Waals surface area contributed by atoms with Crippen LogP contribution < -0.4 is 0 Å². The molecule has 2 aliphatic rings. The third-order valence-electron chi connectivity index (χ3n) is 1.65. The highest BCUT2D eigenvalue weighted by Crippen LogP contribution is 1.98. The number of hydrogen-bond donors (Lipinski definition) is 0. The average molecular weight is 180 g/mol. The summed E-state index contributed by atoms with van der Waals surface area (Å²) in [6.45, 7) is 4.00. The van der Waals surface area contributed by atoms with Crippen LogP contribution in [0.2, 0.25) is 0 Å². The molecule has 0 unspecified atom stereocenters. The molecule has 2 rings (SSSR count). The number of ether oxygens (including phenoxy) is 2. The fourth-order valence-electron chi connectivity index (χ4n) is 1.02. The van der Waals surface area contributed by atoms with Gasteiger partial charge in [0.05, 0.1) is 0 Å². The van der Waals surface area contributed by atoms with Gasteiger partial charge in [-0.25, -0.2) is 0 Å². The molecule has 4 N–H and O–H groups in total. The molecule has 0 aromatic heterocycles. The van der Waals surface area contributed by atoms with Crippen molar-refractivity contribution in [1.29, 1.82) is 0 Å². The van der Waals surface area contributed by atoms with Crippen LogP contribution in [0.25, 0.3) is 0 Å². The highest BCUT2D eigenvalue weighted by atomic mass is 16.5. The summed E-state index contributed by atoms with van der Waals surface area (Å²) in [5.41, 5.74) is 0. The van der Waals surface area contributed by atoms with Crippen LogP contribution in [0.5, 0.6) is 0 Å². The van der Waals surface area contributed by atoms with Crippen LogP contribution in [0.4, 0.5) is 0 Å². The molecule has 0 radical (unpaired) electrons. The van der Waals surface area contributed by atoms with Crippen molar-refractivity contribution in [2.24, 2.45) is 0 Å². The molecule has 76 valence electrons. The topological polar surface area (TPSA) is 81.5 Å². The van der Waals surface area contributed by atoms with Gasteiger partial charge in [0.2, 0.25) is 0 Å². The maximum Gasteiger partial charge on any atom is 0.0466 e. The van der Waals surface area contributed by atoms with Gasteiger partial charge in [0.15, 0.2) is 0 Å². The van der Waals surface area contributed by atoms with E-state index in [9.17, 15) is 0 Å². The van der Waals surface area contributed by atoms with E-state index in [2.05, 4.69) is 0 Å². The van der Waals surface area contributed by atoms with Crippen molar-refractivity contribution in [2.45, 2.75) is 25.7 Å². The highest BCUT2D eigenvalue weighted by Gasteiger charge is 1.95. The predicted molar refractivity (Wildman–Crippen MR) is 47.3 cm³/mol. The van der Waals surface area contributed by atoms with Gasteiger partial charge < -0.3 is 20.4 Å². The van der Waals surface area contributed by atoms with Gasteiger partial charge in [0, 0.05) is 26.4 Å². The molecule has 0 aliphatic carbocycles. The molecule has 0 spiro atoms. The van der Waals surface area contributed by atoms with E-state index in [0.29, 0.717) is 0 Å². The van der Waals surface area contributed by atoms with Gasteiger partial charge in [-0.05, 0) is 25.7 Å². The molecule has 4 heteroatoms. The molecule has 2 saturated heterocycles. The highest BCUT2D eigenvalue weighted by molar-refractivity contribution is 4.44. The normalized spacial score (nSPS) is 20.0. The quantitative estimate of drug-likeness (QED) is 0.523. The van der Waals surface area contributed by atoms with E-state index in [0.717, 1.165) is 26.4 Å². The van der Waals surface area contributed by atoms with Crippen molar-refractivity contribution in [3.8, 4) is 0 Å². The Labute approximate surface area is 73.5 Å². The zero-order valence-corrected chi connectivity index (χ0v) is 7.47. The Morgan fingerprint density at radius 1 is 0.500 bits per heavy atom. The number of rotatable bonds is 0. The van der Waals surface area contributed by atoms with E-state index in [-0.39, 0.29) is 11.0 Å². The van der Waals surface area contributed by atoms with Crippen molar-refractivity contribution >= 4 is 0 Å². The summed E-state index contributed by atoms with van der Waals surface area (Å²) >= 11 is 0. The first-order chi connectivity index (χ1) is 5.00. The predicted octanol–water partition coefficient (Wildman–Crippen LogP) is -0.0558. The monoisotopic (exact) mass is 180 g/mol. The zero-order valence-electron chi connectivity index (χ0n) is 7.47. The first-order valence-corrected chi connectivity index (χ1v) is 4.15. The molecular formula is C8H20O4. The minimum absolute atomic E-state index is 0. The van der Waals surface area contributed by atoms with Gasteiger partial charge >= 0.3 is 0 Å². The second-order valence-electron chi connectivity index (χ2n) is 2.64. The molecule has 0 bridgehead atoms. The van der Waals surface area contributed by atoms with Gasteiger partial charge in [-0.2, -0.15) is 0 Å². The van der Waals surface area contributed by atoms with Crippen molar-refractivity contribution in [1.82, 2.24) is 0 Å². The lowest BCUT2D eigenvalue weighted by Gasteiger charge is -1.76. The van der Waals surface area contributed by atoms with E-state index in [4.69, 9.17) is 9.47 Å². The van der Waals surface area contributed by atoms with Crippen LogP contribution in [-0.2, 0) is 9.47 Å². The van der Waals surface area contributed by atoms with Crippen LogP contribution in [0.15, 0.2) is 0 Å². The molecule has 0 saturated carbocycles. The van der Waals surface area contributed by atoms with Gasteiger partial charge in [0.1, 0.15) is 0 Å². The second kappa shape index (κ2) is 10.8. The van der Waals surface area contributed by atoms with E-state index < -0.39 is 0 Å². The Bertz CT molecular complexity index is 44.2. The van der Waals surface area contributed by atoms with Crippen molar-refractivity contribution in [2.75, 3.05) is 26.4 Å². The van der Waals surface area contributed by atoms with Crippen LogP contribution in [0.1, 0.15) is 25.7 Å². The average Bonchev–Trinajstić information content (AvgIpc) is 2.67. The molecule has 0 atom stereocenters. The van der Waals surface area contributed by atoms with Gasteiger partial charge in [-0.3, -0.25) is 0 Å². The Kier molecular flexibility index (Phi) is 13.0. The molecule has 0 aromatic rings. The first-order valence-electron chi connectivity index (χ1n) is 4.15. The Morgan fingerprint density at radius 3 is 0.833 bits per heavy atom. The van der Waals surface area contributed by atoms with Crippen molar-refractivity contribution in [3.05, 3.63) is 0 Å². The Hall–Kier alpha value is -0.160. The fraction of sp³-hybridized carbons (Fsp3) is 1.00. The fourth-order valence-corrected chi connectivity index (χ4v) is 1.02. The minimum Gasteiger partial charge on any atom is -0.412 e. The van der Waals surface area contributed by atoms with Crippen molar-refractivity contribution < 1.29 is 20.4 Å². The summed E-state index contributed by atoms with van der Waals surface area (Å²) in [4.78, 5) is 0. The van der Waals surface area contributed by atoms with Crippen LogP contribution in [-0.4, -0.2) is 37.4 Å². The SMILES string of the molecule is C1CCOC1.C1CCOC1.O.O. The van der Waals surface area contributed by atoms with E-state index in [1.165, 1.54) is 25.7 Å². The lowest BCUT2D eigenvalue weighted by atomic mass is 10.4. The van der Waals surface area contributed by atoms with Gasteiger partial charge in [-0.15, -0.1) is 0 Å². The van der Waals surface area contributed by atoms with Gasteiger partial charge in [-0.1, -0.05) is 0 Å². The lowest BCUT2D eigenvalue weighted by molar-refractivity contribution is 0.198. The third kappa shape index (κ3) is 7.94. The molecule has 0 aromatic carbocycles. The van der Waals surface area contributed by atoms with Crippen LogP contribution in [0, 0.1) is 0 Å². The number of hydrogen-bond acceptors (Lipinski definition) is 2. The van der Waals surface area contributed by atoms with E-state index >= 15 is 0 Å². The van der Waals surface area contributed by atoms with E-state index in [1.807, 2.05) is 0 Å². The molecule has 2 fully saturated rings. The second-order valence-corrected chi connectivity index (χ2v) is 2.64. The zero-order chi connectivity index (χ0) is 7.07. The maximum absolute atomic E-state index is 4.94. The van der Waals surface area contributed by atoms with Gasteiger partial charge in [0.25, 0.3) is 0 Å². The molecule has 2 heterocycles. The minimum atomic E-state index is 0. The lowest BCUT2D eigenvalue weighted by Crippen LogP contribution is -1.74. The summed E-state index contributed by atoms with van der Waals surface area (Å²) in [6, 6.07) is 0. The first kappa shape index (κ1) is 14.4. The summed E-state index contributed by atoms with van der Waals surface area (Å²) in [5.74, 6) is 0. The third-order valence-corrected chi connectivity index (χ3v) is 1.65. The molecule has 12 heavy (non-hydrogen) atoms.